The van der Waals surface area contributed by atoms with Gasteiger partial charge in [-0.15, -0.1) is 10.2 Å². The molecule has 3 amide bonds. The summed E-state index contributed by atoms with van der Waals surface area (Å²) >= 11 is 0. The molecule has 2 aromatic heterocycles. The molecular formula is C26H22N6O4. The normalized spacial score (nSPS) is 13.5. The maximum Gasteiger partial charge on any atom is 0.262 e. The van der Waals surface area contributed by atoms with Crippen LogP contribution in [0, 0.1) is 13.8 Å². The zero-order chi connectivity index (χ0) is 25.4. The van der Waals surface area contributed by atoms with E-state index in [0.29, 0.717) is 34.3 Å². The smallest absolute Gasteiger partial charge is 0.262 e. The molecule has 5 rings (SSSR count). The molecule has 36 heavy (non-hydrogen) atoms. The van der Waals surface area contributed by atoms with Crippen LogP contribution < -0.4 is 10.1 Å². The number of nitrogens with one attached hydrogen (secondary N) is 1. The lowest BCUT2D eigenvalue weighted by Crippen LogP contribution is -2.45. The number of hydrogen-bond donors (Lipinski definition) is 1. The van der Waals surface area contributed by atoms with Gasteiger partial charge < -0.3 is 10.1 Å². The SMILES string of the molecule is Cc1ncn(-c2ccc(Oc3ccc(NC(=O)C(C)N4C(=O)c5ccccc5C4=O)cc3)nn2)c1C. The summed E-state index contributed by atoms with van der Waals surface area (Å²) in [5, 5.41) is 11.0. The lowest BCUT2D eigenvalue weighted by Gasteiger charge is -2.21. The Balaban J connectivity index is 1.22. The predicted molar refractivity (Wildman–Crippen MR) is 130 cm³/mol. The number of imide groups is 1. The van der Waals surface area contributed by atoms with Crippen molar-refractivity contribution in [3.05, 3.63) is 89.5 Å². The summed E-state index contributed by atoms with van der Waals surface area (Å²) in [7, 11) is 0. The van der Waals surface area contributed by atoms with Gasteiger partial charge in [0.1, 0.15) is 18.1 Å². The lowest BCUT2D eigenvalue weighted by atomic mass is 10.1. The number of anilines is 1. The summed E-state index contributed by atoms with van der Waals surface area (Å²) < 4.78 is 7.59. The van der Waals surface area contributed by atoms with Crippen LogP contribution in [0.2, 0.25) is 0 Å². The molecule has 180 valence electrons. The summed E-state index contributed by atoms with van der Waals surface area (Å²) in [6, 6.07) is 15.7. The molecule has 1 aliphatic rings. The van der Waals surface area contributed by atoms with Gasteiger partial charge in [-0.05, 0) is 63.2 Å². The first-order valence-electron chi connectivity index (χ1n) is 11.2. The molecule has 0 fully saturated rings. The summed E-state index contributed by atoms with van der Waals surface area (Å²) in [6.45, 7) is 5.40. The number of imidazole rings is 1. The van der Waals surface area contributed by atoms with E-state index in [-0.39, 0.29) is 0 Å². The van der Waals surface area contributed by atoms with Gasteiger partial charge in [-0.2, -0.15) is 0 Å². The second-order valence-corrected chi connectivity index (χ2v) is 8.33. The van der Waals surface area contributed by atoms with E-state index >= 15 is 0 Å². The molecule has 0 saturated heterocycles. The molecule has 10 heteroatoms. The Kier molecular flexibility index (Phi) is 5.77. The highest BCUT2D eigenvalue weighted by Gasteiger charge is 2.40. The van der Waals surface area contributed by atoms with E-state index in [1.165, 1.54) is 6.92 Å². The van der Waals surface area contributed by atoms with Crippen molar-refractivity contribution in [3.63, 3.8) is 0 Å². The molecule has 1 aliphatic heterocycles. The summed E-state index contributed by atoms with van der Waals surface area (Å²) in [4.78, 5) is 43.3. The largest absolute Gasteiger partial charge is 0.438 e. The van der Waals surface area contributed by atoms with Crippen LogP contribution in [0.3, 0.4) is 0 Å². The molecule has 4 aromatic rings. The fourth-order valence-electron chi connectivity index (χ4n) is 3.88. The number of fused-ring (bicyclic) bond motifs is 1. The minimum atomic E-state index is -0.981. The van der Waals surface area contributed by atoms with E-state index in [4.69, 9.17) is 4.74 Å². The minimum Gasteiger partial charge on any atom is -0.438 e. The first-order chi connectivity index (χ1) is 17.3. The molecule has 10 nitrogen and oxygen atoms in total. The van der Waals surface area contributed by atoms with Crippen molar-refractivity contribution in [1.29, 1.82) is 0 Å². The number of carbonyl (C=O) groups excluding carboxylic acids is 3. The average Bonchev–Trinajstić information content (AvgIpc) is 3.35. The van der Waals surface area contributed by atoms with Crippen LogP contribution in [0.1, 0.15) is 39.0 Å². The van der Waals surface area contributed by atoms with Crippen molar-refractivity contribution >= 4 is 23.4 Å². The van der Waals surface area contributed by atoms with Crippen LogP contribution >= 0.6 is 0 Å². The standard InChI is InChI=1S/C26H22N6O4/c1-15-16(2)31(14-27-15)22-12-13-23(30-29-22)36-19-10-8-18(9-11-19)28-24(33)17(3)32-25(34)20-6-4-5-7-21(20)26(32)35/h4-14,17H,1-3H3,(H,28,33). The van der Waals surface area contributed by atoms with Crippen molar-refractivity contribution in [2.24, 2.45) is 0 Å². The topological polar surface area (TPSA) is 119 Å². The molecule has 0 spiro atoms. The number of aryl methyl sites for hydroxylation is 1. The van der Waals surface area contributed by atoms with E-state index < -0.39 is 23.8 Å². The van der Waals surface area contributed by atoms with Crippen LogP contribution in [-0.2, 0) is 4.79 Å². The van der Waals surface area contributed by atoms with Crippen molar-refractivity contribution in [2.45, 2.75) is 26.8 Å². The maximum absolute atomic E-state index is 12.8. The summed E-state index contributed by atoms with van der Waals surface area (Å²) in [5.74, 6) is -0.00218. The van der Waals surface area contributed by atoms with Gasteiger partial charge in [-0.1, -0.05) is 12.1 Å². The first-order valence-corrected chi connectivity index (χ1v) is 11.2. The van der Waals surface area contributed by atoms with Crippen molar-refractivity contribution < 1.29 is 19.1 Å². The predicted octanol–water partition coefficient (Wildman–Crippen LogP) is 3.69. The van der Waals surface area contributed by atoms with Crippen molar-refractivity contribution in [3.8, 4) is 17.4 Å². The van der Waals surface area contributed by atoms with Gasteiger partial charge in [0.25, 0.3) is 11.8 Å². The lowest BCUT2D eigenvalue weighted by molar-refractivity contribution is -0.119. The molecule has 1 N–H and O–H groups in total. The average molecular weight is 483 g/mol. The molecule has 1 unspecified atom stereocenters. The Bertz CT molecular complexity index is 1440. The van der Waals surface area contributed by atoms with Crippen LogP contribution in [-0.4, -0.2) is 48.4 Å². The van der Waals surface area contributed by atoms with Crippen molar-refractivity contribution in [1.82, 2.24) is 24.6 Å². The second kappa shape index (κ2) is 9.06. The number of ether oxygens (including phenoxy) is 1. The highest BCUT2D eigenvalue weighted by molar-refractivity contribution is 6.23. The van der Waals surface area contributed by atoms with E-state index in [0.717, 1.165) is 16.3 Å². The van der Waals surface area contributed by atoms with Gasteiger partial charge in [0, 0.05) is 17.4 Å². The van der Waals surface area contributed by atoms with Gasteiger partial charge in [0.05, 0.1) is 16.8 Å². The first kappa shape index (κ1) is 22.9. The van der Waals surface area contributed by atoms with Gasteiger partial charge in [-0.25, -0.2) is 4.98 Å². The third kappa shape index (κ3) is 4.09. The highest BCUT2D eigenvalue weighted by atomic mass is 16.5. The van der Waals surface area contributed by atoms with Gasteiger partial charge >= 0.3 is 0 Å². The minimum absolute atomic E-state index is 0.301. The Morgan fingerprint density at radius 1 is 0.917 bits per heavy atom. The molecule has 2 aromatic carbocycles. The monoisotopic (exact) mass is 482 g/mol. The number of benzene rings is 2. The van der Waals surface area contributed by atoms with Crippen LogP contribution in [0.15, 0.2) is 67.0 Å². The molecule has 0 radical (unpaired) electrons. The van der Waals surface area contributed by atoms with Crippen LogP contribution in [0.25, 0.3) is 5.82 Å². The third-order valence-corrected chi connectivity index (χ3v) is 6.06. The van der Waals surface area contributed by atoms with E-state index in [2.05, 4.69) is 20.5 Å². The maximum atomic E-state index is 12.8. The number of nitrogens with zero attached hydrogens (tertiary/aromatic N) is 5. The number of hydrogen-bond acceptors (Lipinski definition) is 7. The van der Waals surface area contributed by atoms with E-state index in [1.54, 1.807) is 67.0 Å². The van der Waals surface area contributed by atoms with Crippen LogP contribution in [0.5, 0.6) is 11.6 Å². The van der Waals surface area contributed by atoms with Gasteiger partial charge in [0.15, 0.2) is 5.82 Å². The molecule has 3 heterocycles. The number of aromatic nitrogens is 4. The Labute approximate surface area is 206 Å². The van der Waals surface area contributed by atoms with Gasteiger partial charge in [-0.3, -0.25) is 23.9 Å². The molecule has 0 saturated carbocycles. The summed E-state index contributed by atoms with van der Waals surface area (Å²) in [5.41, 5.74) is 2.99. The fraction of sp³-hybridized carbons (Fsp3) is 0.154. The zero-order valence-electron chi connectivity index (χ0n) is 19.8. The Morgan fingerprint density at radius 2 is 1.58 bits per heavy atom. The molecule has 1 atom stereocenters. The number of amides is 3. The zero-order valence-corrected chi connectivity index (χ0v) is 19.8. The van der Waals surface area contributed by atoms with Crippen LogP contribution in [0.4, 0.5) is 5.69 Å². The Hall–Kier alpha value is -4.86. The van der Waals surface area contributed by atoms with E-state index in [1.807, 2.05) is 18.4 Å². The Morgan fingerprint density at radius 3 is 2.14 bits per heavy atom. The van der Waals surface area contributed by atoms with Crippen molar-refractivity contribution in [2.75, 3.05) is 5.32 Å². The quantitative estimate of drug-likeness (QED) is 0.416. The fourth-order valence-corrected chi connectivity index (χ4v) is 3.88. The summed E-state index contributed by atoms with van der Waals surface area (Å²) in [6.07, 6.45) is 1.69. The number of rotatable bonds is 6. The molecule has 0 bridgehead atoms. The second-order valence-electron chi connectivity index (χ2n) is 8.33. The molecular weight excluding hydrogens is 460 g/mol. The van der Waals surface area contributed by atoms with E-state index in [9.17, 15) is 14.4 Å². The molecule has 0 aliphatic carbocycles. The third-order valence-electron chi connectivity index (χ3n) is 6.06. The highest BCUT2D eigenvalue weighted by Crippen LogP contribution is 2.26. The van der Waals surface area contributed by atoms with Gasteiger partial charge in [0.2, 0.25) is 11.8 Å². The number of carbonyl (C=O) groups is 3.